The molecular formula is C15H18N2O. The molecule has 1 heterocycles. The first-order chi connectivity index (χ1) is 8.77. The maximum Gasteiger partial charge on any atom is 0.235 e. The topological polar surface area (TPSA) is 32.7 Å². The van der Waals surface area contributed by atoms with Crippen molar-refractivity contribution in [2.75, 3.05) is 18.5 Å². The van der Waals surface area contributed by atoms with E-state index in [2.05, 4.69) is 35.1 Å². The average Bonchev–Trinajstić information content (AvgIpc) is 2.34. The molecule has 0 atom stereocenters. The van der Waals surface area contributed by atoms with E-state index in [-0.39, 0.29) is 5.54 Å². The maximum absolute atomic E-state index is 10.7. The lowest BCUT2D eigenvalue weighted by Crippen LogP contribution is -2.35. The molecule has 1 aromatic rings. The molecule has 0 saturated heterocycles. The third-order valence-electron chi connectivity index (χ3n) is 4.42. The zero-order valence-electron chi connectivity index (χ0n) is 10.8. The van der Waals surface area contributed by atoms with Crippen LogP contribution in [0.25, 0.3) is 0 Å². The van der Waals surface area contributed by atoms with Gasteiger partial charge in [0.1, 0.15) is 0 Å². The number of nitrogens with zero attached hydrogens (tertiary/aromatic N) is 2. The third-order valence-corrected chi connectivity index (χ3v) is 4.42. The lowest BCUT2D eigenvalue weighted by Gasteiger charge is -2.40. The highest BCUT2D eigenvalue weighted by molar-refractivity contribution is 5.60. The lowest BCUT2D eigenvalue weighted by atomic mass is 9.70. The van der Waals surface area contributed by atoms with Crippen LogP contribution in [-0.4, -0.2) is 19.7 Å². The van der Waals surface area contributed by atoms with Crippen LogP contribution < -0.4 is 4.90 Å². The summed E-state index contributed by atoms with van der Waals surface area (Å²) in [7, 11) is 2.14. The third kappa shape index (κ3) is 1.58. The van der Waals surface area contributed by atoms with E-state index in [9.17, 15) is 4.79 Å². The number of anilines is 1. The number of benzene rings is 1. The molecule has 3 heteroatoms. The van der Waals surface area contributed by atoms with Gasteiger partial charge in [0.25, 0.3) is 0 Å². The van der Waals surface area contributed by atoms with Crippen molar-refractivity contribution < 1.29 is 4.79 Å². The molecule has 1 aromatic carbocycles. The Bertz CT molecular complexity index is 513. The number of fused-ring (bicyclic) bond motifs is 1. The van der Waals surface area contributed by atoms with Gasteiger partial charge in [0, 0.05) is 19.3 Å². The van der Waals surface area contributed by atoms with Crippen molar-refractivity contribution in [1.82, 2.24) is 0 Å². The van der Waals surface area contributed by atoms with Crippen LogP contribution in [0, 0.1) is 0 Å². The quantitative estimate of drug-likeness (QED) is 0.590. The Kier molecular flexibility index (Phi) is 2.71. The highest BCUT2D eigenvalue weighted by Crippen LogP contribution is 2.48. The maximum atomic E-state index is 10.7. The van der Waals surface area contributed by atoms with E-state index >= 15 is 0 Å². The molecule has 18 heavy (non-hydrogen) atoms. The van der Waals surface area contributed by atoms with Crippen LogP contribution in [0.1, 0.15) is 36.8 Å². The minimum absolute atomic E-state index is 0.259. The first-order valence-electron chi connectivity index (χ1n) is 6.69. The number of hydrogen-bond donors (Lipinski definition) is 0. The van der Waals surface area contributed by atoms with Gasteiger partial charge in [0.15, 0.2) is 0 Å². The van der Waals surface area contributed by atoms with Gasteiger partial charge < -0.3 is 4.90 Å². The van der Waals surface area contributed by atoms with Crippen molar-refractivity contribution in [3.05, 3.63) is 29.3 Å². The largest absolute Gasteiger partial charge is 0.374 e. The Labute approximate surface area is 108 Å². The Hall–Kier alpha value is -1.60. The molecule has 0 N–H and O–H groups in total. The number of carbonyl (C=O) groups excluding carboxylic acids is 1. The molecule has 1 aliphatic heterocycles. The van der Waals surface area contributed by atoms with E-state index < -0.39 is 0 Å². The molecule has 1 aliphatic carbocycles. The van der Waals surface area contributed by atoms with E-state index in [1.54, 1.807) is 6.08 Å². The van der Waals surface area contributed by atoms with E-state index in [4.69, 9.17) is 0 Å². The van der Waals surface area contributed by atoms with Gasteiger partial charge in [-0.15, -0.1) is 0 Å². The van der Waals surface area contributed by atoms with Crippen molar-refractivity contribution in [3.8, 4) is 0 Å². The summed E-state index contributed by atoms with van der Waals surface area (Å²) in [6, 6.07) is 6.42. The van der Waals surface area contributed by atoms with E-state index in [1.165, 1.54) is 23.2 Å². The zero-order valence-corrected chi connectivity index (χ0v) is 10.8. The van der Waals surface area contributed by atoms with Crippen LogP contribution in [0.2, 0.25) is 0 Å². The molecule has 1 fully saturated rings. The van der Waals surface area contributed by atoms with Gasteiger partial charge in [-0.05, 0) is 49.3 Å². The molecule has 1 saturated carbocycles. The summed E-state index contributed by atoms with van der Waals surface area (Å²) in [5, 5.41) is 0. The molecule has 3 nitrogen and oxygen atoms in total. The number of rotatable bonds is 2. The zero-order chi connectivity index (χ0) is 12.6. The van der Waals surface area contributed by atoms with Gasteiger partial charge in [-0.2, -0.15) is 4.99 Å². The van der Waals surface area contributed by atoms with Gasteiger partial charge >= 0.3 is 0 Å². The van der Waals surface area contributed by atoms with Crippen molar-refractivity contribution in [1.29, 1.82) is 0 Å². The highest BCUT2D eigenvalue weighted by atomic mass is 16.1. The van der Waals surface area contributed by atoms with Crippen molar-refractivity contribution >= 4 is 11.8 Å². The summed E-state index contributed by atoms with van der Waals surface area (Å²) < 4.78 is 0. The Morgan fingerprint density at radius 3 is 2.83 bits per heavy atom. The highest BCUT2D eigenvalue weighted by Gasteiger charge is 2.41. The van der Waals surface area contributed by atoms with E-state index in [0.29, 0.717) is 0 Å². The first kappa shape index (κ1) is 11.5. The Morgan fingerprint density at radius 2 is 2.17 bits per heavy atom. The van der Waals surface area contributed by atoms with Crippen LogP contribution in [0.5, 0.6) is 0 Å². The Balaban J connectivity index is 2.12. The van der Waals surface area contributed by atoms with Gasteiger partial charge in [-0.1, -0.05) is 12.1 Å². The summed E-state index contributed by atoms with van der Waals surface area (Å²) >= 11 is 0. The van der Waals surface area contributed by atoms with Crippen molar-refractivity contribution in [2.45, 2.75) is 37.6 Å². The normalized spacial score (nSPS) is 20.6. The minimum atomic E-state index is -0.259. The van der Waals surface area contributed by atoms with Crippen LogP contribution >= 0.6 is 0 Å². The second kappa shape index (κ2) is 4.25. The number of hydrogen-bond acceptors (Lipinski definition) is 3. The van der Waals surface area contributed by atoms with Gasteiger partial charge in [-0.25, -0.2) is 4.79 Å². The van der Waals surface area contributed by atoms with Crippen LogP contribution in [0.4, 0.5) is 5.69 Å². The molecule has 0 bridgehead atoms. The molecule has 2 aliphatic rings. The van der Waals surface area contributed by atoms with E-state index in [1.807, 2.05) is 0 Å². The first-order valence-corrected chi connectivity index (χ1v) is 6.69. The second-order valence-electron chi connectivity index (χ2n) is 5.42. The molecule has 3 rings (SSSR count). The fourth-order valence-corrected chi connectivity index (χ4v) is 3.28. The summed E-state index contributed by atoms with van der Waals surface area (Å²) in [6.45, 7) is 1.11. The number of isocyanates is 1. The molecule has 0 aromatic heterocycles. The molecular weight excluding hydrogens is 224 g/mol. The van der Waals surface area contributed by atoms with Crippen LogP contribution in [0.3, 0.4) is 0 Å². The van der Waals surface area contributed by atoms with Gasteiger partial charge in [-0.3, -0.25) is 0 Å². The minimum Gasteiger partial charge on any atom is -0.374 e. The SMILES string of the molecule is CN1CCCc2c1cccc2C1(N=C=O)CCC1. The van der Waals surface area contributed by atoms with Crippen LogP contribution in [0.15, 0.2) is 23.2 Å². The van der Waals surface area contributed by atoms with Crippen LogP contribution in [-0.2, 0) is 16.8 Å². The molecule has 0 radical (unpaired) electrons. The average molecular weight is 242 g/mol. The molecule has 94 valence electrons. The standard InChI is InChI=1S/C15H18N2O/c1-17-10-3-5-12-13(6-2-7-14(12)17)15(16-11-18)8-4-9-15/h2,6-7H,3-5,8-10H2,1H3. The fraction of sp³-hybridized carbons (Fsp3) is 0.533. The lowest BCUT2D eigenvalue weighted by molar-refractivity contribution is 0.254. The second-order valence-corrected chi connectivity index (χ2v) is 5.42. The fourth-order valence-electron chi connectivity index (χ4n) is 3.28. The predicted octanol–water partition coefficient (Wildman–Crippen LogP) is 2.78. The molecule has 0 amide bonds. The summed E-state index contributed by atoms with van der Waals surface area (Å²) in [5.41, 5.74) is 3.71. The van der Waals surface area contributed by atoms with E-state index in [0.717, 1.165) is 32.2 Å². The molecule has 0 unspecified atom stereocenters. The smallest absolute Gasteiger partial charge is 0.235 e. The van der Waals surface area contributed by atoms with Crippen molar-refractivity contribution in [2.24, 2.45) is 4.99 Å². The van der Waals surface area contributed by atoms with Gasteiger partial charge in [0.05, 0.1) is 5.54 Å². The van der Waals surface area contributed by atoms with Gasteiger partial charge in [0.2, 0.25) is 6.08 Å². The molecule has 0 spiro atoms. The summed E-state index contributed by atoms with van der Waals surface area (Å²) in [4.78, 5) is 17.2. The number of aliphatic imine (C=N–C) groups is 1. The summed E-state index contributed by atoms with van der Waals surface area (Å²) in [6.07, 6.45) is 7.21. The monoisotopic (exact) mass is 242 g/mol. The Morgan fingerprint density at radius 1 is 1.33 bits per heavy atom. The summed E-state index contributed by atoms with van der Waals surface area (Å²) in [5.74, 6) is 0. The van der Waals surface area contributed by atoms with Crippen molar-refractivity contribution in [3.63, 3.8) is 0 Å². The predicted molar refractivity (Wildman–Crippen MR) is 71.7 cm³/mol.